The van der Waals surface area contributed by atoms with Crippen molar-refractivity contribution in [3.05, 3.63) is 42.0 Å². The van der Waals surface area contributed by atoms with Gasteiger partial charge in [-0.3, -0.25) is 4.98 Å². The van der Waals surface area contributed by atoms with Crippen LogP contribution in [0.2, 0.25) is 0 Å². The lowest BCUT2D eigenvalue weighted by Gasteiger charge is -2.21. The summed E-state index contributed by atoms with van der Waals surface area (Å²) in [5.41, 5.74) is 0.952. The first-order chi connectivity index (χ1) is 9.42. The lowest BCUT2D eigenvalue weighted by molar-refractivity contribution is 0.629. The fraction of sp³-hybridized carbons (Fsp3) is 0.400. The molecule has 106 valence electrons. The van der Waals surface area contributed by atoms with Gasteiger partial charge in [-0.25, -0.2) is 9.97 Å². The predicted octanol–water partition coefficient (Wildman–Crippen LogP) is 3.00. The normalized spacial score (nSPS) is 11.2. The highest BCUT2D eigenvalue weighted by Crippen LogP contribution is 2.16. The lowest BCUT2D eigenvalue weighted by atomic mass is 10.1. The summed E-state index contributed by atoms with van der Waals surface area (Å²) in [4.78, 5) is 13.1. The van der Waals surface area contributed by atoms with E-state index in [2.05, 4.69) is 46.4 Å². The highest BCUT2D eigenvalue weighted by atomic mass is 15.1. The molecule has 0 spiro atoms. The quantitative estimate of drug-likeness (QED) is 0.895. The zero-order valence-corrected chi connectivity index (χ0v) is 12.4. The zero-order valence-electron chi connectivity index (χ0n) is 12.4. The average Bonchev–Trinajstić information content (AvgIpc) is 2.35. The third-order valence-electron chi connectivity index (χ3n) is 2.52. The SMILES string of the molecule is Cc1nc(NCc2ccccn2)cc(NC(C)(C)C)n1. The molecular weight excluding hydrogens is 250 g/mol. The molecule has 2 rings (SSSR count). The molecule has 0 fully saturated rings. The standard InChI is InChI=1S/C15H21N5/c1-11-18-13(9-14(19-11)20-15(2,3)4)17-10-12-7-5-6-8-16-12/h5-9H,10H2,1-4H3,(H2,17,18,19,20). The minimum atomic E-state index is -0.0287. The molecule has 5 nitrogen and oxygen atoms in total. The molecule has 0 aromatic carbocycles. The Labute approximate surface area is 119 Å². The van der Waals surface area contributed by atoms with Crippen LogP contribution in [-0.4, -0.2) is 20.5 Å². The average molecular weight is 271 g/mol. The number of hydrogen-bond donors (Lipinski definition) is 2. The number of anilines is 2. The predicted molar refractivity (Wildman–Crippen MR) is 81.7 cm³/mol. The van der Waals surface area contributed by atoms with Crippen molar-refractivity contribution in [1.82, 2.24) is 15.0 Å². The first kappa shape index (κ1) is 14.2. The number of pyridine rings is 1. The van der Waals surface area contributed by atoms with Crippen molar-refractivity contribution < 1.29 is 0 Å². The Bertz CT molecular complexity index is 560. The maximum atomic E-state index is 4.40. The minimum absolute atomic E-state index is 0.0287. The van der Waals surface area contributed by atoms with Crippen LogP contribution in [0.25, 0.3) is 0 Å². The van der Waals surface area contributed by atoms with Gasteiger partial charge in [-0.15, -0.1) is 0 Å². The molecule has 0 bridgehead atoms. The molecular formula is C15H21N5. The molecule has 0 amide bonds. The number of hydrogen-bond acceptors (Lipinski definition) is 5. The van der Waals surface area contributed by atoms with Crippen LogP contribution >= 0.6 is 0 Å². The van der Waals surface area contributed by atoms with Gasteiger partial charge in [0.1, 0.15) is 17.5 Å². The third-order valence-corrected chi connectivity index (χ3v) is 2.52. The fourth-order valence-electron chi connectivity index (χ4n) is 1.79. The summed E-state index contributed by atoms with van der Waals surface area (Å²) in [5.74, 6) is 2.37. The first-order valence-electron chi connectivity index (χ1n) is 6.70. The van der Waals surface area contributed by atoms with Gasteiger partial charge < -0.3 is 10.6 Å². The van der Waals surface area contributed by atoms with E-state index in [9.17, 15) is 0 Å². The Morgan fingerprint density at radius 3 is 2.50 bits per heavy atom. The van der Waals surface area contributed by atoms with Crippen LogP contribution in [0.4, 0.5) is 11.6 Å². The van der Waals surface area contributed by atoms with E-state index in [4.69, 9.17) is 0 Å². The number of aryl methyl sites for hydroxylation is 1. The van der Waals surface area contributed by atoms with Crippen LogP contribution in [0.3, 0.4) is 0 Å². The van der Waals surface area contributed by atoms with E-state index in [1.807, 2.05) is 31.2 Å². The molecule has 0 aliphatic carbocycles. The van der Waals surface area contributed by atoms with E-state index in [0.717, 1.165) is 23.2 Å². The molecule has 2 N–H and O–H groups in total. The van der Waals surface area contributed by atoms with E-state index in [1.54, 1.807) is 6.20 Å². The summed E-state index contributed by atoms with van der Waals surface area (Å²) >= 11 is 0. The molecule has 0 aliphatic rings. The van der Waals surface area contributed by atoms with E-state index < -0.39 is 0 Å². The van der Waals surface area contributed by atoms with Crippen molar-refractivity contribution in [2.75, 3.05) is 10.6 Å². The second-order valence-electron chi connectivity index (χ2n) is 5.74. The summed E-state index contributed by atoms with van der Waals surface area (Å²) in [6.45, 7) is 8.84. The molecule has 20 heavy (non-hydrogen) atoms. The van der Waals surface area contributed by atoms with Crippen LogP contribution in [-0.2, 0) is 6.54 Å². The Hall–Kier alpha value is -2.17. The van der Waals surface area contributed by atoms with Crippen molar-refractivity contribution >= 4 is 11.6 Å². The van der Waals surface area contributed by atoms with Crippen LogP contribution in [0.1, 0.15) is 32.3 Å². The van der Waals surface area contributed by atoms with Crippen molar-refractivity contribution in [1.29, 1.82) is 0 Å². The van der Waals surface area contributed by atoms with E-state index in [1.165, 1.54) is 0 Å². The molecule has 0 radical (unpaired) electrons. The fourth-order valence-corrected chi connectivity index (χ4v) is 1.79. The van der Waals surface area contributed by atoms with Gasteiger partial charge in [0.2, 0.25) is 0 Å². The minimum Gasteiger partial charge on any atom is -0.365 e. The van der Waals surface area contributed by atoms with Gasteiger partial charge in [0.25, 0.3) is 0 Å². The molecule has 2 heterocycles. The van der Waals surface area contributed by atoms with Crippen LogP contribution in [0.5, 0.6) is 0 Å². The van der Waals surface area contributed by atoms with Gasteiger partial charge in [-0.1, -0.05) is 6.07 Å². The first-order valence-corrected chi connectivity index (χ1v) is 6.70. The summed E-state index contributed by atoms with van der Waals surface area (Å²) in [5, 5.41) is 6.63. The molecule has 0 saturated heterocycles. The molecule has 2 aromatic heterocycles. The Balaban J connectivity index is 2.08. The van der Waals surface area contributed by atoms with Gasteiger partial charge in [-0.05, 0) is 39.8 Å². The molecule has 0 atom stereocenters. The Morgan fingerprint density at radius 1 is 1.10 bits per heavy atom. The molecule has 0 saturated carbocycles. The lowest BCUT2D eigenvalue weighted by Crippen LogP contribution is -2.27. The van der Waals surface area contributed by atoms with Gasteiger partial charge in [0, 0.05) is 17.8 Å². The summed E-state index contributed by atoms with van der Waals surface area (Å²) < 4.78 is 0. The van der Waals surface area contributed by atoms with Gasteiger partial charge in [0.15, 0.2) is 0 Å². The van der Waals surface area contributed by atoms with Crippen molar-refractivity contribution in [3.63, 3.8) is 0 Å². The van der Waals surface area contributed by atoms with E-state index in [0.29, 0.717) is 6.54 Å². The second kappa shape index (κ2) is 5.86. The number of rotatable bonds is 4. The highest BCUT2D eigenvalue weighted by Gasteiger charge is 2.11. The monoisotopic (exact) mass is 271 g/mol. The molecule has 2 aromatic rings. The topological polar surface area (TPSA) is 62.7 Å². The van der Waals surface area contributed by atoms with Crippen LogP contribution in [0, 0.1) is 6.92 Å². The molecule has 0 aliphatic heterocycles. The van der Waals surface area contributed by atoms with Crippen LogP contribution in [0.15, 0.2) is 30.5 Å². The highest BCUT2D eigenvalue weighted by molar-refractivity contribution is 5.48. The maximum absolute atomic E-state index is 4.40. The van der Waals surface area contributed by atoms with Gasteiger partial charge >= 0.3 is 0 Å². The van der Waals surface area contributed by atoms with Crippen LogP contribution < -0.4 is 10.6 Å². The number of nitrogens with zero attached hydrogens (tertiary/aromatic N) is 3. The maximum Gasteiger partial charge on any atom is 0.132 e. The van der Waals surface area contributed by atoms with Crippen molar-refractivity contribution in [2.45, 2.75) is 39.8 Å². The van der Waals surface area contributed by atoms with Gasteiger partial charge in [-0.2, -0.15) is 0 Å². The van der Waals surface area contributed by atoms with Gasteiger partial charge in [0.05, 0.1) is 12.2 Å². The van der Waals surface area contributed by atoms with E-state index in [-0.39, 0.29) is 5.54 Å². The smallest absolute Gasteiger partial charge is 0.132 e. The Morgan fingerprint density at radius 2 is 1.85 bits per heavy atom. The molecule has 5 heteroatoms. The summed E-state index contributed by atoms with van der Waals surface area (Å²) in [7, 11) is 0. The third kappa shape index (κ3) is 4.50. The van der Waals surface area contributed by atoms with Crippen molar-refractivity contribution in [3.8, 4) is 0 Å². The number of aromatic nitrogens is 3. The molecule has 0 unspecified atom stereocenters. The van der Waals surface area contributed by atoms with E-state index >= 15 is 0 Å². The summed E-state index contributed by atoms with van der Waals surface area (Å²) in [6.07, 6.45) is 1.79. The number of nitrogens with one attached hydrogen (secondary N) is 2. The second-order valence-corrected chi connectivity index (χ2v) is 5.74. The zero-order chi connectivity index (χ0) is 14.6. The largest absolute Gasteiger partial charge is 0.365 e. The van der Waals surface area contributed by atoms with Crippen molar-refractivity contribution in [2.24, 2.45) is 0 Å². The summed E-state index contributed by atoms with van der Waals surface area (Å²) in [6, 6.07) is 7.78. The Kier molecular flexibility index (Phi) is 4.17.